The number of nitrogens with one attached hydrogen (secondary N) is 1. The van der Waals surface area contributed by atoms with E-state index in [1.807, 2.05) is 24.1 Å². The lowest BCUT2D eigenvalue weighted by Crippen LogP contribution is -2.48. The van der Waals surface area contributed by atoms with Gasteiger partial charge in [-0.15, -0.1) is 10.2 Å². The van der Waals surface area contributed by atoms with Crippen LogP contribution in [0.15, 0.2) is 42.5 Å². The summed E-state index contributed by atoms with van der Waals surface area (Å²) in [6.07, 6.45) is 0.0153. The molecule has 1 aliphatic rings. The molecule has 1 aliphatic heterocycles. The number of ether oxygens (including phenoxy) is 1. The van der Waals surface area contributed by atoms with Crippen molar-refractivity contribution in [1.82, 2.24) is 20.4 Å². The molecule has 0 radical (unpaired) electrons. The van der Waals surface area contributed by atoms with Crippen LogP contribution in [0.25, 0.3) is 0 Å². The summed E-state index contributed by atoms with van der Waals surface area (Å²) in [5.74, 6) is 0.467. The predicted octanol–water partition coefficient (Wildman–Crippen LogP) is 1.34. The third-order valence-corrected chi connectivity index (χ3v) is 4.70. The number of likely N-dealkylation sites (N-methyl/N-ethyl adjacent to an activating group) is 2. The number of amides is 1. The minimum atomic E-state index is -0.243. The first-order valence-electron chi connectivity index (χ1n) is 8.74. The summed E-state index contributed by atoms with van der Waals surface area (Å²) in [4.78, 5) is 15.9. The van der Waals surface area contributed by atoms with Gasteiger partial charge >= 0.3 is 0 Å². The zero-order valence-electron chi connectivity index (χ0n) is 15.4. The van der Waals surface area contributed by atoms with E-state index in [0.29, 0.717) is 24.7 Å². The Kier molecular flexibility index (Phi) is 5.80. The Morgan fingerprint density at radius 3 is 2.69 bits per heavy atom. The minimum absolute atomic E-state index is 0.0153. The Labute approximate surface area is 154 Å². The normalized spacial score (nSPS) is 20.6. The largest absolute Gasteiger partial charge is 0.373 e. The van der Waals surface area contributed by atoms with Gasteiger partial charge in [0.2, 0.25) is 0 Å². The third-order valence-electron chi connectivity index (χ3n) is 4.70. The average molecular weight is 355 g/mol. The quantitative estimate of drug-likeness (QED) is 0.873. The van der Waals surface area contributed by atoms with Gasteiger partial charge in [0, 0.05) is 27.2 Å². The molecule has 1 N–H and O–H groups in total. The van der Waals surface area contributed by atoms with E-state index in [-0.39, 0.29) is 18.1 Å². The Morgan fingerprint density at radius 2 is 2.04 bits per heavy atom. The molecule has 0 unspecified atom stereocenters. The molecule has 0 aliphatic carbocycles. The van der Waals surface area contributed by atoms with E-state index in [4.69, 9.17) is 4.74 Å². The van der Waals surface area contributed by atoms with Crippen molar-refractivity contribution in [1.29, 1.82) is 0 Å². The topological polar surface area (TPSA) is 70.6 Å². The van der Waals surface area contributed by atoms with Crippen LogP contribution in [0.5, 0.6) is 0 Å². The van der Waals surface area contributed by atoms with Crippen molar-refractivity contribution in [3.05, 3.63) is 53.7 Å². The molecule has 2 heterocycles. The van der Waals surface area contributed by atoms with Gasteiger partial charge in [-0.25, -0.2) is 0 Å². The Balaban J connectivity index is 1.74. The molecule has 3 rings (SSSR count). The zero-order valence-corrected chi connectivity index (χ0v) is 15.4. The molecule has 2 atom stereocenters. The summed E-state index contributed by atoms with van der Waals surface area (Å²) in [5.41, 5.74) is 1.55. The lowest BCUT2D eigenvalue weighted by atomic mass is 9.98. The number of hydrogen-bond acceptors (Lipinski definition) is 6. The number of hydrogen-bond donors (Lipinski definition) is 1. The second-order valence-corrected chi connectivity index (χ2v) is 6.48. The number of benzene rings is 1. The van der Waals surface area contributed by atoms with Crippen molar-refractivity contribution >= 4 is 11.7 Å². The number of morpholine rings is 1. The van der Waals surface area contributed by atoms with Crippen LogP contribution in [0.1, 0.15) is 22.1 Å². The molecule has 7 heteroatoms. The molecule has 0 saturated carbocycles. The molecule has 0 bridgehead atoms. The smallest absolute Gasteiger partial charge is 0.271 e. The molecule has 138 valence electrons. The fourth-order valence-corrected chi connectivity index (χ4v) is 3.28. The SMILES string of the molecule is CNC(=O)c1ccc(N(C)C[C@@H]2OCCN(C)[C@H]2c2ccccc2)nn1. The minimum Gasteiger partial charge on any atom is -0.373 e. The van der Waals surface area contributed by atoms with E-state index in [2.05, 4.69) is 51.7 Å². The van der Waals surface area contributed by atoms with Gasteiger partial charge in [0.25, 0.3) is 5.91 Å². The summed E-state index contributed by atoms with van der Waals surface area (Å²) >= 11 is 0. The molecule has 1 aromatic heterocycles. The number of carbonyl (C=O) groups is 1. The van der Waals surface area contributed by atoms with Crippen LogP contribution in [0.4, 0.5) is 5.82 Å². The van der Waals surface area contributed by atoms with Crippen LogP contribution in [-0.4, -0.2) is 67.9 Å². The predicted molar refractivity (Wildman–Crippen MR) is 100 cm³/mol. The molecule has 1 amide bonds. The maximum Gasteiger partial charge on any atom is 0.271 e. The monoisotopic (exact) mass is 355 g/mol. The molecule has 26 heavy (non-hydrogen) atoms. The Morgan fingerprint density at radius 1 is 1.27 bits per heavy atom. The summed E-state index contributed by atoms with van der Waals surface area (Å²) in [7, 11) is 5.67. The molecule has 1 saturated heterocycles. The highest BCUT2D eigenvalue weighted by Gasteiger charge is 2.32. The fourth-order valence-electron chi connectivity index (χ4n) is 3.28. The molecule has 0 spiro atoms. The van der Waals surface area contributed by atoms with Gasteiger partial charge in [0.15, 0.2) is 11.5 Å². The van der Waals surface area contributed by atoms with Crippen molar-refractivity contribution in [2.75, 3.05) is 45.7 Å². The van der Waals surface area contributed by atoms with Crippen LogP contribution in [-0.2, 0) is 4.74 Å². The molecule has 2 aromatic rings. The number of carbonyl (C=O) groups excluding carboxylic acids is 1. The fraction of sp³-hybridized carbons (Fsp3) is 0.421. The molecular formula is C19H25N5O2. The Hall–Kier alpha value is -2.51. The van der Waals surface area contributed by atoms with Gasteiger partial charge in [-0.1, -0.05) is 30.3 Å². The van der Waals surface area contributed by atoms with E-state index >= 15 is 0 Å². The number of nitrogens with zero attached hydrogens (tertiary/aromatic N) is 4. The van der Waals surface area contributed by atoms with Crippen molar-refractivity contribution in [3.63, 3.8) is 0 Å². The van der Waals surface area contributed by atoms with Crippen LogP contribution >= 0.6 is 0 Å². The van der Waals surface area contributed by atoms with Crippen LogP contribution in [0.2, 0.25) is 0 Å². The van der Waals surface area contributed by atoms with Gasteiger partial charge in [-0.05, 0) is 24.7 Å². The highest BCUT2D eigenvalue weighted by molar-refractivity contribution is 5.91. The summed E-state index contributed by atoms with van der Waals surface area (Å²) < 4.78 is 6.09. The van der Waals surface area contributed by atoms with Crippen molar-refractivity contribution in [3.8, 4) is 0 Å². The van der Waals surface area contributed by atoms with Crippen molar-refractivity contribution in [2.45, 2.75) is 12.1 Å². The van der Waals surface area contributed by atoms with Gasteiger partial charge in [-0.2, -0.15) is 0 Å². The highest BCUT2D eigenvalue weighted by Crippen LogP contribution is 2.29. The van der Waals surface area contributed by atoms with E-state index < -0.39 is 0 Å². The van der Waals surface area contributed by atoms with E-state index in [1.165, 1.54) is 5.56 Å². The van der Waals surface area contributed by atoms with Crippen molar-refractivity contribution < 1.29 is 9.53 Å². The number of rotatable bonds is 5. The van der Waals surface area contributed by atoms with Gasteiger partial charge in [0.05, 0.1) is 18.8 Å². The summed E-state index contributed by atoms with van der Waals surface area (Å²) in [5, 5.41) is 10.7. The molecule has 1 aromatic carbocycles. The lowest BCUT2D eigenvalue weighted by molar-refractivity contribution is -0.0580. The van der Waals surface area contributed by atoms with Crippen LogP contribution in [0, 0.1) is 0 Å². The van der Waals surface area contributed by atoms with Gasteiger partial charge in [0.1, 0.15) is 0 Å². The van der Waals surface area contributed by atoms with Crippen LogP contribution in [0.3, 0.4) is 0 Å². The van der Waals surface area contributed by atoms with Crippen molar-refractivity contribution in [2.24, 2.45) is 0 Å². The second-order valence-electron chi connectivity index (χ2n) is 6.48. The maximum atomic E-state index is 11.6. The molecular weight excluding hydrogens is 330 g/mol. The third kappa shape index (κ3) is 4.00. The maximum absolute atomic E-state index is 11.6. The number of aromatic nitrogens is 2. The van der Waals surface area contributed by atoms with E-state index in [0.717, 1.165) is 6.54 Å². The second kappa shape index (κ2) is 8.25. The first-order chi connectivity index (χ1) is 12.6. The van der Waals surface area contributed by atoms with E-state index in [9.17, 15) is 4.79 Å². The van der Waals surface area contributed by atoms with Gasteiger partial charge < -0.3 is 15.0 Å². The van der Waals surface area contributed by atoms with Crippen LogP contribution < -0.4 is 10.2 Å². The standard InChI is InChI=1S/C19H25N5O2/c1-20-19(25)15-9-10-17(22-21-15)24(3)13-16-18(23(2)11-12-26-16)14-7-5-4-6-8-14/h4-10,16,18H,11-13H2,1-3H3,(H,20,25)/t16-,18-/m0/s1. The highest BCUT2D eigenvalue weighted by atomic mass is 16.5. The first-order valence-corrected chi connectivity index (χ1v) is 8.74. The Bertz CT molecular complexity index is 722. The molecule has 7 nitrogen and oxygen atoms in total. The number of anilines is 1. The van der Waals surface area contributed by atoms with Gasteiger partial charge in [-0.3, -0.25) is 9.69 Å². The zero-order chi connectivity index (χ0) is 18.5. The average Bonchev–Trinajstić information content (AvgIpc) is 2.68. The van der Waals surface area contributed by atoms with E-state index in [1.54, 1.807) is 13.1 Å². The summed E-state index contributed by atoms with van der Waals surface area (Å²) in [6.45, 7) is 2.29. The summed E-state index contributed by atoms with van der Waals surface area (Å²) in [6, 6.07) is 14.1. The lowest BCUT2D eigenvalue weighted by Gasteiger charge is -2.41. The molecule has 1 fully saturated rings. The first kappa shape index (κ1) is 18.3.